The van der Waals surface area contributed by atoms with Gasteiger partial charge in [-0.1, -0.05) is 0 Å². The maximum absolute atomic E-state index is 12.2. The summed E-state index contributed by atoms with van der Waals surface area (Å²) in [6, 6.07) is -1.23. The molecule has 1 atom stereocenters. The fraction of sp³-hybridized carbons (Fsp3) is 0.786. The van der Waals surface area contributed by atoms with Crippen LogP contribution in [-0.2, 0) is 14.3 Å². The third-order valence-corrected chi connectivity index (χ3v) is 3.29. The molecule has 0 unspecified atom stereocenters. The van der Waals surface area contributed by atoms with Gasteiger partial charge in [0.15, 0.2) is 0 Å². The molecule has 0 heterocycles. The first-order valence-corrected chi connectivity index (χ1v) is 6.87. The molecule has 1 rings (SSSR count). The number of ether oxygens (including phenoxy) is 1. The van der Waals surface area contributed by atoms with Crippen LogP contribution in [0.5, 0.6) is 0 Å². The minimum Gasteiger partial charge on any atom is -0.480 e. The van der Waals surface area contributed by atoms with E-state index in [0.717, 1.165) is 0 Å². The number of carboxylic acid groups (broad SMARTS) is 1. The van der Waals surface area contributed by atoms with E-state index in [1.807, 2.05) is 0 Å². The van der Waals surface area contributed by atoms with E-state index in [2.05, 4.69) is 0 Å². The van der Waals surface area contributed by atoms with Gasteiger partial charge in [-0.05, 0) is 40.5 Å². The monoisotopic (exact) mass is 285 g/mol. The molecular weight excluding hydrogens is 262 g/mol. The third kappa shape index (κ3) is 4.51. The van der Waals surface area contributed by atoms with Crippen molar-refractivity contribution in [2.45, 2.75) is 71.1 Å². The van der Waals surface area contributed by atoms with Crippen molar-refractivity contribution in [2.75, 3.05) is 0 Å². The van der Waals surface area contributed by atoms with E-state index >= 15 is 0 Å². The van der Waals surface area contributed by atoms with Crippen molar-refractivity contribution in [3.8, 4) is 0 Å². The summed E-state index contributed by atoms with van der Waals surface area (Å²) in [5.74, 6) is -0.916. The van der Waals surface area contributed by atoms with Crippen LogP contribution in [0.15, 0.2) is 0 Å². The van der Waals surface area contributed by atoms with Crippen molar-refractivity contribution in [2.24, 2.45) is 0 Å². The number of Topliss-reactive ketones (excluding diaryl/α,β-unsaturated/α-hetero) is 1. The fourth-order valence-electron chi connectivity index (χ4n) is 2.26. The molecule has 0 aromatic carbocycles. The summed E-state index contributed by atoms with van der Waals surface area (Å²) in [6.45, 7) is 6.67. The molecule has 1 N–H and O–H groups in total. The number of nitrogens with zero attached hydrogens (tertiary/aromatic N) is 1. The SMILES string of the molecule is C[C@@H](C(=O)O)N(C(=O)OC(C)(C)C)C1CCC(=O)CC1. The Morgan fingerprint density at radius 2 is 1.80 bits per heavy atom. The van der Waals surface area contributed by atoms with Gasteiger partial charge in [-0.15, -0.1) is 0 Å². The number of rotatable bonds is 3. The Kier molecular flexibility index (Phi) is 5.14. The molecule has 6 heteroatoms. The van der Waals surface area contributed by atoms with Crippen LogP contribution in [0.25, 0.3) is 0 Å². The molecule has 114 valence electrons. The second-order valence-corrected chi connectivity index (χ2v) is 6.17. The predicted octanol–water partition coefficient (Wildman–Crippen LogP) is 2.21. The molecule has 1 aliphatic carbocycles. The zero-order valence-electron chi connectivity index (χ0n) is 12.5. The van der Waals surface area contributed by atoms with Crippen molar-refractivity contribution in [1.29, 1.82) is 0 Å². The first-order valence-electron chi connectivity index (χ1n) is 6.87. The Bertz CT molecular complexity index is 389. The lowest BCUT2D eigenvalue weighted by Gasteiger charge is -2.37. The second kappa shape index (κ2) is 6.24. The quantitative estimate of drug-likeness (QED) is 0.859. The van der Waals surface area contributed by atoms with Crippen LogP contribution in [0, 0.1) is 0 Å². The van der Waals surface area contributed by atoms with Crippen molar-refractivity contribution < 1.29 is 24.2 Å². The summed E-state index contributed by atoms with van der Waals surface area (Å²) in [5.41, 5.74) is -0.682. The lowest BCUT2D eigenvalue weighted by molar-refractivity contribution is -0.143. The summed E-state index contributed by atoms with van der Waals surface area (Å²) in [4.78, 5) is 36.0. The fourth-order valence-corrected chi connectivity index (χ4v) is 2.26. The Morgan fingerprint density at radius 1 is 1.30 bits per heavy atom. The average molecular weight is 285 g/mol. The summed E-state index contributed by atoms with van der Waals surface area (Å²) in [5, 5.41) is 9.17. The van der Waals surface area contributed by atoms with E-state index < -0.39 is 23.7 Å². The zero-order valence-corrected chi connectivity index (χ0v) is 12.5. The van der Waals surface area contributed by atoms with Gasteiger partial charge in [0.05, 0.1) is 0 Å². The highest BCUT2D eigenvalue weighted by atomic mass is 16.6. The van der Waals surface area contributed by atoms with Crippen molar-refractivity contribution >= 4 is 17.8 Å². The molecule has 20 heavy (non-hydrogen) atoms. The lowest BCUT2D eigenvalue weighted by atomic mass is 9.92. The zero-order chi connectivity index (χ0) is 15.5. The molecule has 6 nitrogen and oxygen atoms in total. The Hall–Kier alpha value is -1.59. The molecule has 1 amide bonds. The van der Waals surface area contributed by atoms with E-state index in [4.69, 9.17) is 9.84 Å². The van der Waals surface area contributed by atoms with Crippen molar-refractivity contribution in [3.05, 3.63) is 0 Å². The van der Waals surface area contributed by atoms with Crippen LogP contribution in [0.1, 0.15) is 53.4 Å². The Labute approximate surface area is 119 Å². The molecule has 0 aliphatic heterocycles. The topological polar surface area (TPSA) is 83.9 Å². The molecule has 0 saturated heterocycles. The van der Waals surface area contributed by atoms with Crippen molar-refractivity contribution in [1.82, 2.24) is 4.90 Å². The molecule has 1 aliphatic rings. The normalized spacial score (nSPS) is 18.5. The number of carboxylic acids is 1. The number of hydrogen-bond donors (Lipinski definition) is 1. The van der Waals surface area contributed by atoms with Gasteiger partial charge in [-0.25, -0.2) is 9.59 Å². The van der Waals surface area contributed by atoms with Gasteiger partial charge in [0.2, 0.25) is 0 Å². The van der Waals surface area contributed by atoms with Crippen LogP contribution in [0.4, 0.5) is 4.79 Å². The molecular formula is C14H23NO5. The molecule has 0 aromatic heterocycles. The first-order chi connectivity index (χ1) is 9.11. The highest BCUT2D eigenvalue weighted by molar-refractivity contribution is 5.81. The van der Waals surface area contributed by atoms with Gasteiger partial charge < -0.3 is 9.84 Å². The van der Waals surface area contributed by atoms with Crippen LogP contribution >= 0.6 is 0 Å². The molecule has 0 aromatic rings. The lowest BCUT2D eigenvalue weighted by Crippen LogP contribution is -2.52. The summed E-state index contributed by atoms with van der Waals surface area (Å²) in [6.07, 6.45) is 1.13. The number of hydrogen-bond acceptors (Lipinski definition) is 4. The van der Waals surface area contributed by atoms with E-state index in [-0.39, 0.29) is 11.8 Å². The van der Waals surface area contributed by atoms with Gasteiger partial charge in [-0.3, -0.25) is 9.69 Å². The van der Waals surface area contributed by atoms with E-state index in [0.29, 0.717) is 25.7 Å². The van der Waals surface area contributed by atoms with Crippen LogP contribution < -0.4 is 0 Å². The van der Waals surface area contributed by atoms with Crippen molar-refractivity contribution in [3.63, 3.8) is 0 Å². The number of ketones is 1. The smallest absolute Gasteiger partial charge is 0.411 e. The highest BCUT2D eigenvalue weighted by Crippen LogP contribution is 2.24. The molecule has 0 radical (unpaired) electrons. The van der Waals surface area contributed by atoms with Crippen LogP contribution in [0.2, 0.25) is 0 Å². The minimum atomic E-state index is -1.08. The van der Waals surface area contributed by atoms with Gasteiger partial charge >= 0.3 is 12.1 Å². The van der Waals surface area contributed by atoms with Gasteiger partial charge in [0.25, 0.3) is 0 Å². The van der Waals surface area contributed by atoms with E-state index in [1.54, 1.807) is 20.8 Å². The molecule has 0 spiro atoms. The maximum atomic E-state index is 12.2. The summed E-state index contributed by atoms with van der Waals surface area (Å²) < 4.78 is 5.29. The standard InChI is InChI=1S/C14H23NO5/c1-9(12(17)18)15(13(19)20-14(2,3)4)10-5-7-11(16)8-6-10/h9-10H,5-8H2,1-4H3,(H,17,18)/t9-/m0/s1. The van der Waals surface area contributed by atoms with E-state index in [9.17, 15) is 14.4 Å². The second-order valence-electron chi connectivity index (χ2n) is 6.17. The predicted molar refractivity (Wildman–Crippen MR) is 72.4 cm³/mol. The van der Waals surface area contributed by atoms with E-state index in [1.165, 1.54) is 11.8 Å². The van der Waals surface area contributed by atoms with Gasteiger partial charge in [0.1, 0.15) is 17.4 Å². The van der Waals surface area contributed by atoms with Gasteiger partial charge in [0, 0.05) is 18.9 Å². The average Bonchev–Trinajstić information content (AvgIpc) is 2.29. The van der Waals surface area contributed by atoms with Crippen LogP contribution in [0.3, 0.4) is 0 Å². The third-order valence-electron chi connectivity index (χ3n) is 3.29. The number of carbonyl (C=O) groups is 3. The first kappa shape index (κ1) is 16.5. The summed E-state index contributed by atoms with van der Waals surface area (Å²) >= 11 is 0. The highest BCUT2D eigenvalue weighted by Gasteiger charge is 2.36. The van der Waals surface area contributed by atoms with Crippen LogP contribution in [-0.4, -0.2) is 45.5 Å². The molecule has 1 fully saturated rings. The molecule has 0 bridgehead atoms. The number of amides is 1. The molecule has 1 saturated carbocycles. The number of carbonyl (C=O) groups excluding carboxylic acids is 2. The largest absolute Gasteiger partial charge is 0.480 e. The Morgan fingerprint density at radius 3 is 2.20 bits per heavy atom. The summed E-state index contributed by atoms with van der Waals surface area (Å²) in [7, 11) is 0. The van der Waals surface area contributed by atoms with Gasteiger partial charge in [-0.2, -0.15) is 0 Å². The Balaban J connectivity index is 2.88. The maximum Gasteiger partial charge on any atom is 0.411 e. The number of aliphatic carboxylic acids is 1. The minimum absolute atomic E-state index is 0.161.